The van der Waals surface area contributed by atoms with Crippen molar-refractivity contribution in [3.63, 3.8) is 0 Å². The number of nitrogens with one attached hydrogen (secondary N) is 1. The normalized spacial score (nSPS) is 20.0. The third-order valence-electron chi connectivity index (χ3n) is 3.63. The number of carbonyl (C=O) groups is 1. The quantitative estimate of drug-likeness (QED) is 0.637. The third kappa shape index (κ3) is 4.12. The van der Waals surface area contributed by atoms with Gasteiger partial charge in [0.2, 0.25) is 0 Å². The summed E-state index contributed by atoms with van der Waals surface area (Å²) in [6.45, 7) is 8.24. The van der Waals surface area contributed by atoms with Crippen molar-refractivity contribution in [3.05, 3.63) is 42.7 Å². The van der Waals surface area contributed by atoms with Crippen molar-refractivity contribution in [1.29, 1.82) is 0 Å². The van der Waals surface area contributed by atoms with Crippen molar-refractivity contribution in [2.75, 3.05) is 26.2 Å². The van der Waals surface area contributed by atoms with E-state index in [1.165, 1.54) is 0 Å². The predicted molar refractivity (Wildman–Crippen MR) is 81.8 cm³/mol. The van der Waals surface area contributed by atoms with E-state index < -0.39 is 6.10 Å². The van der Waals surface area contributed by atoms with Crippen LogP contribution in [0, 0.1) is 0 Å². The van der Waals surface area contributed by atoms with Crippen LogP contribution in [0.25, 0.3) is 0 Å². The molecule has 5 heteroatoms. The van der Waals surface area contributed by atoms with E-state index in [2.05, 4.69) is 16.9 Å². The highest BCUT2D eigenvalue weighted by atomic mass is 16.5. The minimum Gasteiger partial charge on any atom is -0.368 e. The smallest absolute Gasteiger partial charge is 0.252 e. The van der Waals surface area contributed by atoms with Gasteiger partial charge in [-0.15, -0.1) is 6.58 Å². The van der Waals surface area contributed by atoms with Gasteiger partial charge in [-0.2, -0.15) is 0 Å². The molecule has 114 valence electrons. The molecule has 1 fully saturated rings. The molecule has 1 saturated heterocycles. The number of hydrogen-bond donors (Lipinski definition) is 1. The van der Waals surface area contributed by atoms with Crippen LogP contribution in [0.3, 0.4) is 0 Å². The lowest BCUT2D eigenvalue weighted by molar-refractivity contribution is -0.146. The van der Waals surface area contributed by atoms with Gasteiger partial charge in [-0.3, -0.25) is 9.78 Å². The van der Waals surface area contributed by atoms with Crippen LogP contribution in [0.2, 0.25) is 0 Å². The number of pyridine rings is 1. The predicted octanol–water partition coefficient (Wildman–Crippen LogP) is 1.54. The monoisotopic (exact) mass is 289 g/mol. The summed E-state index contributed by atoms with van der Waals surface area (Å²) >= 11 is 0. The Bertz CT molecular complexity index is 464. The Morgan fingerprint density at radius 1 is 1.71 bits per heavy atom. The van der Waals surface area contributed by atoms with Gasteiger partial charge in [0, 0.05) is 32.0 Å². The number of piperazine rings is 1. The zero-order valence-corrected chi connectivity index (χ0v) is 12.5. The first-order valence-corrected chi connectivity index (χ1v) is 7.37. The zero-order valence-electron chi connectivity index (χ0n) is 12.5. The fourth-order valence-electron chi connectivity index (χ4n) is 2.47. The Kier molecular flexibility index (Phi) is 5.90. The molecule has 1 aliphatic rings. The molecule has 0 spiro atoms. The first-order valence-electron chi connectivity index (χ1n) is 7.37. The van der Waals surface area contributed by atoms with Gasteiger partial charge in [0.15, 0.2) is 0 Å². The number of rotatable bonds is 6. The Morgan fingerprint density at radius 2 is 2.57 bits per heavy atom. The molecule has 0 radical (unpaired) electrons. The van der Waals surface area contributed by atoms with Crippen molar-refractivity contribution in [3.8, 4) is 0 Å². The van der Waals surface area contributed by atoms with Crippen LogP contribution in [0.15, 0.2) is 37.2 Å². The molecule has 0 saturated carbocycles. The first-order chi connectivity index (χ1) is 10.2. The van der Waals surface area contributed by atoms with Crippen molar-refractivity contribution in [1.82, 2.24) is 15.2 Å². The van der Waals surface area contributed by atoms with Crippen LogP contribution in [0.1, 0.15) is 24.9 Å². The molecule has 2 atom stereocenters. The van der Waals surface area contributed by atoms with E-state index in [4.69, 9.17) is 4.74 Å². The Hall–Kier alpha value is -1.72. The lowest BCUT2D eigenvalue weighted by Crippen LogP contribution is -2.51. The Balaban J connectivity index is 2.04. The van der Waals surface area contributed by atoms with Crippen LogP contribution in [0.5, 0.6) is 0 Å². The first kappa shape index (κ1) is 15.7. The molecule has 1 N–H and O–H groups in total. The van der Waals surface area contributed by atoms with Crippen molar-refractivity contribution >= 4 is 5.91 Å². The molecule has 0 aliphatic carbocycles. The fraction of sp³-hybridized carbons (Fsp3) is 0.500. The lowest BCUT2D eigenvalue weighted by Gasteiger charge is -2.37. The lowest BCUT2D eigenvalue weighted by atomic mass is 10.0. The van der Waals surface area contributed by atoms with E-state index >= 15 is 0 Å². The highest BCUT2D eigenvalue weighted by molar-refractivity contribution is 5.81. The molecule has 0 aromatic carbocycles. The topological polar surface area (TPSA) is 54.5 Å². The molecule has 1 aliphatic heterocycles. The number of ether oxygens (including phenoxy) is 1. The number of amides is 1. The van der Waals surface area contributed by atoms with Gasteiger partial charge in [0.25, 0.3) is 5.91 Å². The molecule has 1 amide bonds. The van der Waals surface area contributed by atoms with E-state index in [1.807, 2.05) is 30.2 Å². The van der Waals surface area contributed by atoms with Crippen LogP contribution in [-0.2, 0) is 9.53 Å². The second-order valence-corrected chi connectivity index (χ2v) is 5.13. The van der Waals surface area contributed by atoms with Crippen LogP contribution in [-0.4, -0.2) is 48.1 Å². The van der Waals surface area contributed by atoms with Crippen LogP contribution < -0.4 is 5.32 Å². The van der Waals surface area contributed by atoms with E-state index in [0.29, 0.717) is 13.2 Å². The van der Waals surface area contributed by atoms with Crippen molar-refractivity contribution in [2.24, 2.45) is 0 Å². The summed E-state index contributed by atoms with van der Waals surface area (Å²) in [7, 11) is 0. The van der Waals surface area contributed by atoms with Gasteiger partial charge in [-0.25, -0.2) is 0 Å². The molecule has 21 heavy (non-hydrogen) atoms. The molecule has 2 rings (SSSR count). The Morgan fingerprint density at radius 3 is 3.29 bits per heavy atom. The average Bonchev–Trinajstić information content (AvgIpc) is 2.55. The second-order valence-electron chi connectivity index (χ2n) is 5.13. The molecule has 2 unspecified atom stereocenters. The summed E-state index contributed by atoms with van der Waals surface area (Å²) in [5, 5.41) is 3.33. The maximum absolute atomic E-state index is 12.6. The molecule has 2 heterocycles. The van der Waals surface area contributed by atoms with Crippen molar-refractivity contribution in [2.45, 2.75) is 25.5 Å². The van der Waals surface area contributed by atoms with Gasteiger partial charge in [0.05, 0.1) is 12.6 Å². The van der Waals surface area contributed by atoms with E-state index in [9.17, 15) is 4.79 Å². The summed E-state index contributed by atoms with van der Waals surface area (Å²) < 4.78 is 5.58. The number of carbonyl (C=O) groups excluding carboxylic acids is 1. The highest BCUT2D eigenvalue weighted by Gasteiger charge is 2.30. The molecule has 0 bridgehead atoms. The average molecular weight is 289 g/mol. The van der Waals surface area contributed by atoms with E-state index in [1.54, 1.807) is 12.3 Å². The van der Waals surface area contributed by atoms with Gasteiger partial charge in [0.1, 0.15) is 6.10 Å². The number of hydrogen-bond acceptors (Lipinski definition) is 4. The standard InChI is InChI=1S/C16H23N3O2/c1-3-4-10-21-13(2)16(20)19-9-8-18-12-15(19)14-6-5-7-17-11-14/h3,5-7,11,13,15,18H,1,4,8-10,12H2,2H3. The van der Waals surface area contributed by atoms with Crippen LogP contribution in [0.4, 0.5) is 0 Å². The molecule has 1 aromatic rings. The van der Waals surface area contributed by atoms with Gasteiger partial charge in [-0.1, -0.05) is 12.1 Å². The second kappa shape index (κ2) is 7.90. The zero-order chi connectivity index (χ0) is 15.1. The minimum atomic E-state index is -0.428. The maximum atomic E-state index is 12.6. The van der Waals surface area contributed by atoms with E-state index in [-0.39, 0.29) is 11.9 Å². The largest absolute Gasteiger partial charge is 0.368 e. The summed E-state index contributed by atoms with van der Waals surface area (Å²) in [4.78, 5) is 18.6. The maximum Gasteiger partial charge on any atom is 0.252 e. The molecular formula is C16H23N3O2. The Labute approximate surface area is 126 Å². The summed E-state index contributed by atoms with van der Waals surface area (Å²) in [6, 6.07) is 3.93. The fourth-order valence-corrected chi connectivity index (χ4v) is 2.47. The summed E-state index contributed by atoms with van der Waals surface area (Å²) in [5.41, 5.74) is 1.05. The molecule has 1 aromatic heterocycles. The van der Waals surface area contributed by atoms with Crippen LogP contribution >= 0.6 is 0 Å². The highest BCUT2D eigenvalue weighted by Crippen LogP contribution is 2.22. The summed E-state index contributed by atoms with van der Waals surface area (Å²) in [5.74, 6) is 0.0365. The van der Waals surface area contributed by atoms with E-state index in [0.717, 1.165) is 25.1 Å². The number of nitrogens with zero attached hydrogens (tertiary/aromatic N) is 2. The van der Waals surface area contributed by atoms with Gasteiger partial charge >= 0.3 is 0 Å². The third-order valence-corrected chi connectivity index (χ3v) is 3.63. The molecule has 5 nitrogen and oxygen atoms in total. The number of aromatic nitrogens is 1. The minimum absolute atomic E-state index is 0.0189. The molecular weight excluding hydrogens is 266 g/mol. The summed E-state index contributed by atoms with van der Waals surface area (Å²) in [6.07, 6.45) is 5.68. The SMILES string of the molecule is C=CCCOC(C)C(=O)N1CCNCC1c1cccnc1. The van der Waals surface area contributed by atoms with Crippen molar-refractivity contribution < 1.29 is 9.53 Å². The van der Waals surface area contributed by atoms with Gasteiger partial charge in [-0.05, 0) is 25.0 Å². The van der Waals surface area contributed by atoms with Gasteiger partial charge < -0.3 is 15.0 Å².